The molecule has 3 amide bonds. The van der Waals surface area contributed by atoms with Crippen LogP contribution < -0.4 is 25.9 Å². The van der Waals surface area contributed by atoms with Crippen molar-refractivity contribution >= 4 is 40.6 Å². The van der Waals surface area contributed by atoms with Gasteiger partial charge in [-0.05, 0) is 68.3 Å². The molecule has 0 saturated carbocycles. The zero-order chi connectivity index (χ0) is 28.0. The molecule has 1 aliphatic rings. The van der Waals surface area contributed by atoms with Crippen LogP contribution in [0, 0.1) is 0 Å². The average molecular weight is 527 g/mol. The second-order valence-electron chi connectivity index (χ2n) is 9.14. The van der Waals surface area contributed by atoms with Gasteiger partial charge in [0.05, 0.1) is 5.69 Å². The lowest BCUT2D eigenvalue weighted by Crippen LogP contribution is -2.67. The van der Waals surface area contributed by atoms with Gasteiger partial charge in [0.1, 0.15) is 0 Å². The number of carbonyl (C=O) groups is 3. The van der Waals surface area contributed by atoms with Crippen LogP contribution in [0.5, 0.6) is 0 Å². The second kappa shape index (κ2) is 11.8. The summed E-state index contributed by atoms with van der Waals surface area (Å²) in [5.74, 6) is -1.51. The van der Waals surface area contributed by atoms with Gasteiger partial charge in [-0.3, -0.25) is 14.4 Å². The van der Waals surface area contributed by atoms with E-state index < -0.39 is 23.4 Å². The van der Waals surface area contributed by atoms with Crippen LogP contribution in [0.2, 0.25) is 0 Å². The number of para-hydroxylation sites is 1. The Balaban J connectivity index is 1.82. The van der Waals surface area contributed by atoms with Crippen LogP contribution in [0.3, 0.4) is 0 Å². The van der Waals surface area contributed by atoms with E-state index in [1.807, 2.05) is 31.2 Å². The minimum absolute atomic E-state index is 0.0321. The lowest BCUT2D eigenvalue weighted by molar-refractivity contribution is -0.127. The highest BCUT2D eigenvalue weighted by atomic mass is 16.2. The van der Waals surface area contributed by atoms with E-state index in [0.29, 0.717) is 23.4 Å². The van der Waals surface area contributed by atoms with Crippen molar-refractivity contribution in [3.63, 3.8) is 0 Å². The topological polar surface area (TPSA) is 106 Å². The Morgan fingerprint density at radius 2 is 1.56 bits per heavy atom. The monoisotopic (exact) mass is 526 g/mol. The predicted octanol–water partition coefficient (Wildman–Crippen LogP) is 4.13. The summed E-state index contributed by atoms with van der Waals surface area (Å²) in [7, 11) is 0. The number of nitrogens with zero attached hydrogens (tertiary/aromatic N) is 3. The maximum atomic E-state index is 14.1. The Morgan fingerprint density at radius 3 is 2.15 bits per heavy atom. The Bertz CT molecular complexity index is 1370. The molecule has 3 N–H and O–H groups in total. The van der Waals surface area contributed by atoms with Gasteiger partial charge in [-0.1, -0.05) is 43.3 Å². The number of anilines is 3. The average Bonchev–Trinajstić information content (AvgIpc) is 3.20. The maximum Gasteiger partial charge on any atom is 0.302 e. The third kappa shape index (κ3) is 5.62. The molecule has 3 aromatic carbocycles. The lowest BCUT2D eigenvalue weighted by atomic mass is 10.0. The van der Waals surface area contributed by atoms with Crippen molar-refractivity contribution in [3.05, 3.63) is 90.0 Å². The van der Waals surface area contributed by atoms with Crippen molar-refractivity contribution < 1.29 is 14.4 Å². The maximum absolute atomic E-state index is 14.1. The number of amides is 3. The van der Waals surface area contributed by atoms with Gasteiger partial charge in [-0.15, -0.1) is 5.10 Å². The summed E-state index contributed by atoms with van der Waals surface area (Å²) in [4.78, 5) is 42.2. The first-order chi connectivity index (χ1) is 18.8. The van der Waals surface area contributed by atoms with Crippen molar-refractivity contribution in [2.75, 3.05) is 28.3 Å². The fourth-order valence-corrected chi connectivity index (χ4v) is 4.62. The molecule has 0 aromatic heterocycles. The molecule has 1 heterocycles. The fourth-order valence-electron chi connectivity index (χ4n) is 4.62. The third-order valence-corrected chi connectivity index (χ3v) is 6.62. The van der Waals surface area contributed by atoms with Gasteiger partial charge in [0.25, 0.3) is 11.6 Å². The Kier molecular flexibility index (Phi) is 8.29. The number of rotatable bonds is 9. The molecule has 9 nitrogen and oxygen atoms in total. The highest BCUT2D eigenvalue weighted by Gasteiger charge is 2.54. The highest BCUT2D eigenvalue weighted by Crippen LogP contribution is 2.31. The van der Waals surface area contributed by atoms with E-state index in [2.05, 4.69) is 45.9 Å². The van der Waals surface area contributed by atoms with E-state index in [4.69, 9.17) is 0 Å². The number of benzene rings is 3. The molecule has 1 atom stereocenters. The van der Waals surface area contributed by atoms with Crippen LogP contribution in [0.1, 0.15) is 43.6 Å². The fraction of sp³-hybridized carbons (Fsp3) is 0.267. The first-order valence-corrected chi connectivity index (χ1v) is 13.1. The predicted molar refractivity (Wildman–Crippen MR) is 155 cm³/mol. The van der Waals surface area contributed by atoms with E-state index in [-0.39, 0.29) is 5.84 Å². The molecule has 1 unspecified atom stereocenters. The Hall–Kier alpha value is -4.66. The molecule has 0 radical (unpaired) electrons. The van der Waals surface area contributed by atoms with Gasteiger partial charge in [0.15, 0.2) is 5.84 Å². The Labute approximate surface area is 228 Å². The summed E-state index contributed by atoms with van der Waals surface area (Å²) in [6.07, 6.45) is 0.674. The van der Waals surface area contributed by atoms with E-state index in [1.54, 1.807) is 48.5 Å². The van der Waals surface area contributed by atoms with Gasteiger partial charge in [0.2, 0.25) is 5.91 Å². The van der Waals surface area contributed by atoms with Gasteiger partial charge in [-0.2, -0.15) is 5.01 Å². The van der Waals surface area contributed by atoms with E-state index in [1.165, 1.54) is 11.9 Å². The molecular weight excluding hydrogens is 492 g/mol. The Morgan fingerprint density at radius 1 is 0.923 bits per heavy atom. The molecule has 0 aliphatic carbocycles. The number of amidine groups is 1. The van der Waals surface area contributed by atoms with Crippen molar-refractivity contribution in [2.45, 2.75) is 39.8 Å². The van der Waals surface area contributed by atoms with Crippen LogP contribution in [-0.2, 0) is 16.0 Å². The number of carbonyl (C=O) groups excluding carboxylic acids is 3. The summed E-state index contributed by atoms with van der Waals surface area (Å²) in [5.41, 5.74) is 1.69. The number of nitrogens with one attached hydrogen (secondary N) is 3. The molecule has 1 aliphatic heterocycles. The number of hydrogen-bond acceptors (Lipinski definition) is 6. The summed E-state index contributed by atoms with van der Waals surface area (Å²) in [6, 6.07) is 23.4. The summed E-state index contributed by atoms with van der Waals surface area (Å²) >= 11 is 0. The molecule has 39 heavy (non-hydrogen) atoms. The number of aryl methyl sites for hydroxylation is 1. The summed E-state index contributed by atoms with van der Waals surface area (Å²) in [5, 5.41) is 14.6. The zero-order valence-corrected chi connectivity index (χ0v) is 22.7. The minimum atomic E-state index is -1.85. The first-order valence-electron chi connectivity index (χ1n) is 13.1. The van der Waals surface area contributed by atoms with Crippen LogP contribution in [0.25, 0.3) is 0 Å². The van der Waals surface area contributed by atoms with Crippen LogP contribution in [-0.4, -0.2) is 42.3 Å². The smallest absolute Gasteiger partial charge is 0.302 e. The van der Waals surface area contributed by atoms with Gasteiger partial charge >= 0.3 is 5.91 Å². The number of hydrogen-bond donors (Lipinski definition) is 3. The first kappa shape index (κ1) is 27.4. The van der Waals surface area contributed by atoms with Crippen LogP contribution >= 0.6 is 0 Å². The third-order valence-electron chi connectivity index (χ3n) is 6.62. The van der Waals surface area contributed by atoms with E-state index in [9.17, 15) is 14.4 Å². The van der Waals surface area contributed by atoms with E-state index in [0.717, 1.165) is 24.3 Å². The number of hydrazone groups is 1. The SMILES string of the molecule is CCc1cc(N(CC)CC)ccc1NC1(NC(C)=O)C(=O)N(c2ccccc2)N=C1NC(=O)c1ccccc1. The molecule has 9 heteroatoms. The van der Waals surface area contributed by atoms with E-state index >= 15 is 0 Å². The second-order valence-corrected chi connectivity index (χ2v) is 9.14. The molecule has 0 fully saturated rings. The largest absolute Gasteiger partial charge is 0.372 e. The lowest BCUT2D eigenvalue weighted by Gasteiger charge is -2.33. The molecule has 0 saturated heterocycles. The van der Waals surface area contributed by atoms with Crippen molar-refractivity contribution in [1.82, 2.24) is 10.6 Å². The van der Waals surface area contributed by atoms with Gasteiger partial charge in [0, 0.05) is 37.0 Å². The van der Waals surface area contributed by atoms with Crippen LogP contribution in [0.4, 0.5) is 17.1 Å². The zero-order valence-electron chi connectivity index (χ0n) is 22.7. The van der Waals surface area contributed by atoms with Crippen molar-refractivity contribution in [3.8, 4) is 0 Å². The minimum Gasteiger partial charge on any atom is -0.372 e. The van der Waals surface area contributed by atoms with Gasteiger partial charge in [-0.25, -0.2) is 0 Å². The van der Waals surface area contributed by atoms with Crippen LogP contribution in [0.15, 0.2) is 84.0 Å². The molecule has 4 rings (SSSR count). The molecule has 202 valence electrons. The molecule has 0 bridgehead atoms. The van der Waals surface area contributed by atoms with Crippen molar-refractivity contribution in [1.29, 1.82) is 0 Å². The highest BCUT2D eigenvalue weighted by molar-refractivity contribution is 6.28. The normalized spacial score (nSPS) is 16.5. The quantitative estimate of drug-likeness (QED) is 0.364. The standard InChI is InChI=1S/C30H34N6O3/c1-5-22-20-25(35(6-2)7-3)18-19-26(22)33-30(32-21(4)37)28(31-27(38)23-14-10-8-11-15-23)34-36(29(30)39)24-16-12-9-13-17-24/h8-20,33H,5-7H2,1-4H3,(H,32,37)(H,31,34,38). The molecular formula is C30H34N6O3. The van der Waals surface area contributed by atoms with Gasteiger partial charge < -0.3 is 20.9 Å². The summed E-state index contributed by atoms with van der Waals surface area (Å²) in [6.45, 7) is 9.25. The summed E-state index contributed by atoms with van der Waals surface area (Å²) < 4.78 is 0. The molecule has 0 spiro atoms. The van der Waals surface area contributed by atoms with Crippen molar-refractivity contribution in [2.24, 2.45) is 5.10 Å². The molecule has 3 aromatic rings.